The first-order chi connectivity index (χ1) is 15.1. The normalized spacial score (nSPS) is 17.2. The molecule has 6 nitrogen and oxygen atoms in total. The van der Waals surface area contributed by atoms with E-state index in [1.54, 1.807) is 6.07 Å². The van der Waals surface area contributed by atoms with Gasteiger partial charge in [-0.3, -0.25) is 15.0 Å². The summed E-state index contributed by atoms with van der Waals surface area (Å²) in [5, 5.41) is 16.9. The summed E-state index contributed by atoms with van der Waals surface area (Å²) in [6, 6.07) is 6.54. The van der Waals surface area contributed by atoms with Crippen molar-refractivity contribution < 1.29 is 23.1 Å². The quantitative estimate of drug-likeness (QED) is 0.488. The van der Waals surface area contributed by atoms with Crippen molar-refractivity contribution in [1.29, 1.82) is 0 Å². The minimum Gasteiger partial charge on any atom is -0.507 e. The fourth-order valence-corrected chi connectivity index (χ4v) is 4.86. The first kappa shape index (κ1) is 22.8. The van der Waals surface area contributed by atoms with Crippen molar-refractivity contribution in [2.45, 2.75) is 25.2 Å². The molecule has 1 aliphatic rings. The van der Waals surface area contributed by atoms with Gasteiger partial charge in [0.2, 0.25) is 0 Å². The molecule has 1 fully saturated rings. The molecule has 3 N–H and O–H groups in total. The van der Waals surface area contributed by atoms with E-state index in [2.05, 4.69) is 20.5 Å². The highest BCUT2D eigenvalue weighted by Crippen LogP contribution is 2.35. The molecule has 4 rings (SSSR count). The number of halogens is 4. The molecule has 3 aromatic rings. The molecule has 32 heavy (non-hydrogen) atoms. The van der Waals surface area contributed by atoms with E-state index in [1.165, 1.54) is 12.1 Å². The van der Waals surface area contributed by atoms with Crippen molar-refractivity contribution in [1.82, 2.24) is 15.2 Å². The third kappa shape index (κ3) is 4.83. The molecule has 1 aromatic heterocycles. The lowest BCUT2D eigenvalue weighted by Crippen LogP contribution is -2.29. The summed E-state index contributed by atoms with van der Waals surface area (Å²) in [5.41, 5.74) is 0.0547. The molecule has 1 atom stereocenters. The zero-order valence-corrected chi connectivity index (χ0v) is 18.5. The second kappa shape index (κ2) is 8.86. The van der Waals surface area contributed by atoms with E-state index in [-0.39, 0.29) is 16.4 Å². The van der Waals surface area contributed by atoms with Crippen LogP contribution in [-0.4, -0.2) is 47.1 Å². The number of hydrogen-bond acceptors (Lipinski definition) is 6. The summed E-state index contributed by atoms with van der Waals surface area (Å²) in [7, 11) is 1.90. The number of carbonyl (C=O) groups is 1. The largest absolute Gasteiger partial charge is 0.507 e. The fraction of sp³-hybridized carbons (Fsp3) is 0.333. The number of benzene rings is 2. The van der Waals surface area contributed by atoms with E-state index in [0.29, 0.717) is 33.4 Å². The van der Waals surface area contributed by atoms with Gasteiger partial charge in [0, 0.05) is 36.3 Å². The Morgan fingerprint density at radius 2 is 2.12 bits per heavy atom. The second-order valence-electron chi connectivity index (χ2n) is 7.62. The molecular weight excluding hydrogens is 465 g/mol. The topological polar surface area (TPSA) is 77.5 Å². The number of rotatable bonds is 5. The van der Waals surface area contributed by atoms with Gasteiger partial charge >= 0.3 is 6.18 Å². The maximum Gasteiger partial charge on any atom is 0.416 e. The number of nitrogens with zero attached hydrogens (tertiary/aromatic N) is 2. The van der Waals surface area contributed by atoms with Crippen LogP contribution in [0.15, 0.2) is 30.3 Å². The molecule has 11 heteroatoms. The predicted molar refractivity (Wildman–Crippen MR) is 118 cm³/mol. The molecule has 2 aromatic carbocycles. The molecule has 0 spiro atoms. The first-order valence-corrected chi connectivity index (χ1v) is 11.0. The monoisotopic (exact) mass is 484 g/mol. The lowest BCUT2D eigenvalue weighted by Gasteiger charge is -2.18. The van der Waals surface area contributed by atoms with Crippen molar-refractivity contribution in [2.24, 2.45) is 0 Å². The Balaban J connectivity index is 1.55. The number of aromatic nitrogens is 1. The minimum absolute atomic E-state index is 0.0212. The lowest BCUT2D eigenvalue weighted by atomic mass is 10.1. The Morgan fingerprint density at radius 3 is 2.81 bits per heavy atom. The SMILES string of the molecule is CNC1CCN(Cc2cc(Cl)cc(C(=O)Nc3nc4ccc(C(F)(F)F)cc4s3)c2O)C1. The number of aromatic hydroxyl groups is 1. The summed E-state index contributed by atoms with van der Waals surface area (Å²) in [6.45, 7) is 2.10. The number of anilines is 1. The molecule has 1 saturated heterocycles. The van der Waals surface area contributed by atoms with Gasteiger partial charge in [0.1, 0.15) is 5.75 Å². The average Bonchev–Trinajstić information content (AvgIpc) is 3.35. The molecule has 0 bridgehead atoms. The number of likely N-dealkylation sites (tertiary alicyclic amines) is 1. The number of phenols is 1. The van der Waals surface area contributed by atoms with Gasteiger partial charge in [0.15, 0.2) is 5.13 Å². The van der Waals surface area contributed by atoms with Crippen LogP contribution < -0.4 is 10.6 Å². The molecular formula is C21H20ClF3N4O2S. The van der Waals surface area contributed by atoms with Crippen molar-refractivity contribution in [3.8, 4) is 5.75 Å². The van der Waals surface area contributed by atoms with Crippen molar-refractivity contribution in [3.63, 3.8) is 0 Å². The first-order valence-electron chi connectivity index (χ1n) is 9.84. The van der Waals surface area contributed by atoms with Gasteiger partial charge in [0.25, 0.3) is 5.91 Å². The summed E-state index contributed by atoms with van der Waals surface area (Å²) in [6.07, 6.45) is -3.48. The van der Waals surface area contributed by atoms with Crippen LogP contribution in [-0.2, 0) is 12.7 Å². The summed E-state index contributed by atoms with van der Waals surface area (Å²) >= 11 is 7.11. The minimum atomic E-state index is -4.47. The number of hydrogen-bond donors (Lipinski definition) is 3. The number of phenolic OH excluding ortho intramolecular Hbond substituents is 1. The van der Waals surface area contributed by atoms with E-state index >= 15 is 0 Å². The van der Waals surface area contributed by atoms with E-state index < -0.39 is 17.6 Å². The number of carbonyl (C=O) groups excluding carboxylic acids is 1. The van der Waals surface area contributed by atoms with Crippen LogP contribution in [0, 0.1) is 0 Å². The van der Waals surface area contributed by atoms with E-state index in [0.717, 1.165) is 43.0 Å². The lowest BCUT2D eigenvalue weighted by molar-refractivity contribution is -0.137. The zero-order chi connectivity index (χ0) is 23.0. The Labute approximate surface area is 191 Å². The van der Waals surface area contributed by atoms with Crippen LogP contribution in [0.2, 0.25) is 5.02 Å². The predicted octanol–water partition coefficient (Wildman–Crippen LogP) is 4.72. The third-order valence-corrected chi connectivity index (χ3v) is 6.56. The highest BCUT2D eigenvalue weighted by atomic mass is 35.5. The highest BCUT2D eigenvalue weighted by molar-refractivity contribution is 7.22. The van der Waals surface area contributed by atoms with Gasteiger partial charge in [-0.25, -0.2) is 4.98 Å². The number of fused-ring (bicyclic) bond motifs is 1. The van der Waals surface area contributed by atoms with Gasteiger partial charge in [-0.15, -0.1) is 0 Å². The molecule has 0 aliphatic carbocycles. The Bertz CT molecular complexity index is 1170. The van der Waals surface area contributed by atoms with Crippen LogP contribution in [0.4, 0.5) is 18.3 Å². The standard InChI is InChI=1S/C21H20ClF3N4O2S/c1-26-14-4-5-29(10-14)9-11-6-13(22)8-15(18(11)30)19(31)28-20-27-16-3-2-12(21(23,24)25)7-17(16)32-20/h2-3,6-8,14,26,30H,4-5,9-10H2,1H3,(H,27,28,31). The van der Waals surface area contributed by atoms with E-state index in [9.17, 15) is 23.1 Å². The number of alkyl halides is 3. The van der Waals surface area contributed by atoms with Crippen LogP contribution in [0.3, 0.4) is 0 Å². The average molecular weight is 485 g/mol. The maximum absolute atomic E-state index is 12.9. The molecule has 0 saturated carbocycles. The molecule has 2 heterocycles. The van der Waals surface area contributed by atoms with Crippen molar-refractivity contribution in [3.05, 3.63) is 52.0 Å². The molecule has 1 unspecified atom stereocenters. The number of amides is 1. The van der Waals surface area contributed by atoms with E-state index in [4.69, 9.17) is 11.6 Å². The van der Waals surface area contributed by atoms with Gasteiger partial charge < -0.3 is 10.4 Å². The fourth-order valence-electron chi connectivity index (χ4n) is 3.72. The number of nitrogens with one attached hydrogen (secondary N) is 2. The Hall–Kier alpha value is -2.40. The van der Waals surface area contributed by atoms with Crippen LogP contribution in [0.5, 0.6) is 5.75 Å². The highest BCUT2D eigenvalue weighted by Gasteiger charge is 2.31. The Morgan fingerprint density at radius 1 is 1.34 bits per heavy atom. The maximum atomic E-state index is 12.9. The third-order valence-electron chi connectivity index (χ3n) is 5.41. The van der Waals surface area contributed by atoms with Gasteiger partial charge in [-0.2, -0.15) is 13.2 Å². The molecule has 1 aliphatic heterocycles. The second-order valence-corrected chi connectivity index (χ2v) is 9.09. The smallest absolute Gasteiger partial charge is 0.416 e. The van der Waals surface area contributed by atoms with Crippen LogP contribution in [0.25, 0.3) is 10.2 Å². The van der Waals surface area contributed by atoms with Crippen LogP contribution >= 0.6 is 22.9 Å². The van der Waals surface area contributed by atoms with Gasteiger partial charge in [-0.1, -0.05) is 22.9 Å². The Kier molecular flexibility index (Phi) is 6.30. The van der Waals surface area contributed by atoms with Gasteiger partial charge in [-0.05, 0) is 43.8 Å². The molecule has 1 amide bonds. The number of likely N-dealkylation sites (N-methyl/N-ethyl adjacent to an activating group) is 1. The zero-order valence-electron chi connectivity index (χ0n) is 17.0. The molecule has 170 valence electrons. The van der Waals surface area contributed by atoms with Crippen molar-refractivity contribution in [2.75, 3.05) is 25.5 Å². The molecule has 0 radical (unpaired) electrons. The van der Waals surface area contributed by atoms with E-state index in [1.807, 2.05) is 7.05 Å². The summed E-state index contributed by atoms with van der Waals surface area (Å²) in [5.74, 6) is -0.823. The van der Waals surface area contributed by atoms with Gasteiger partial charge in [0.05, 0.1) is 21.3 Å². The van der Waals surface area contributed by atoms with Crippen LogP contribution in [0.1, 0.15) is 27.9 Å². The summed E-state index contributed by atoms with van der Waals surface area (Å²) < 4.78 is 39.1. The summed E-state index contributed by atoms with van der Waals surface area (Å²) in [4.78, 5) is 19.1. The number of thiazole rings is 1. The van der Waals surface area contributed by atoms with Crippen molar-refractivity contribution >= 4 is 44.2 Å².